The number of amides is 1. The van der Waals surface area contributed by atoms with E-state index < -0.39 is 17.8 Å². The van der Waals surface area contributed by atoms with Gasteiger partial charge in [0.15, 0.2) is 6.61 Å². The van der Waals surface area contributed by atoms with Crippen molar-refractivity contribution in [3.8, 4) is 0 Å². The summed E-state index contributed by atoms with van der Waals surface area (Å²) in [6, 6.07) is 7.89. The Kier molecular flexibility index (Phi) is 5.55. The summed E-state index contributed by atoms with van der Waals surface area (Å²) >= 11 is 0. The molecule has 0 saturated heterocycles. The van der Waals surface area contributed by atoms with E-state index >= 15 is 0 Å². The highest BCUT2D eigenvalue weighted by atomic mass is 16.5. The standard InChI is InChI=1S/C15H21NO3/c1-10(2)8-12-4-6-13(7-5-12)11(3)15(18)19-9-14(16)17/h4-7,10-11H,8-9H2,1-3H3,(H2,16,17). The molecule has 0 aliphatic carbocycles. The number of ether oxygens (including phenoxy) is 1. The number of hydrogen-bond donors (Lipinski definition) is 1. The number of nitrogens with two attached hydrogens (primary N) is 1. The van der Waals surface area contributed by atoms with E-state index in [9.17, 15) is 9.59 Å². The van der Waals surface area contributed by atoms with Crippen molar-refractivity contribution >= 4 is 11.9 Å². The molecule has 0 saturated carbocycles. The largest absolute Gasteiger partial charge is 0.455 e. The molecule has 0 spiro atoms. The molecule has 1 rings (SSSR count). The van der Waals surface area contributed by atoms with Gasteiger partial charge in [0.1, 0.15) is 0 Å². The minimum absolute atomic E-state index is 0.366. The SMILES string of the molecule is CC(C)Cc1ccc(C(C)C(=O)OCC(N)=O)cc1. The summed E-state index contributed by atoms with van der Waals surface area (Å²) in [5.41, 5.74) is 7.05. The van der Waals surface area contributed by atoms with E-state index in [0.29, 0.717) is 5.92 Å². The van der Waals surface area contributed by atoms with Crippen molar-refractivity contribution in [2.24, 2.45) is 11.7 Å². The van der Waals surface area contributed by atoms with Gasteiger partial charge in [-0.15, -0.1) is 0 Å². The van der Waals surface area contributed by atoms with Crippen LogP contribution in [0.25, 0.3) is 0 Å². The lowest BCUT2D eigenvalue weighted by atomic mass is 9.97. The van der Waals surface area contributed by atoms with E-state index in [0.717, 1.165) is 12.0 Å². The lowest BCUT2D eigenvalue weighted by Crippen LogP contribution is -2.23. The zero-order valence-corrected chi connectivity index (χ0v) is 11.7. The highest BCUT2D eigenvalue weighted by molar-refractivity contribution is 5.82. The molecule has 4 nitrogen and oxygen atoms in total. The Hall–Kier alpha value is -1.84. The fourth-order valence-corrected chi connectivity index (χ4v) is 1.82. The molecule has 19 heavy (non-hydrogen) atoms. The Morgan fingerprint density at radius 2 is 1.74 bits per heavy atom. The second kappa shape index (κ2) is 6.92. The molecule has 1 atom stereocenters. The summed E-state index contributed by atoms with van der Waals surface area (Å²) < 4.78 is 4.80. The molecule has 0 aliphatic heterocycles. The van der Waals surface area contributed by atoms with E-state index in [1.165, 1.54) is 5.56 Å². The van der Waals surface area contributed by atoms with Crippen LogP contribution in [0.3, 0.4) is 0 Å². The third-order valence-corrected chi connectivity index (χ3v) is 2.83. The normalized spacial score (nSPS) is 12.2. The lowest BCUT2D eigenvalue weighted by molar-refractivity contribution is -0.148. The van der Waals surface area contributed by atoms with E-state index in [4.69, 9.17) is 10.5 Å². The summed E-state index contributed by atoms with van der Waals surface area (Å²) in [5, 5.41) is 0. The molecule has 0 fully saturated rings. The van der Waals surface area contributed by atoms with Gasteiger partial charge in [-0.25, -0.2) is 0 Å². The van der Waals surface area contributed by atoms with Gasteiger partial charge >= 0.3 is 5.97 Å². The Morgan fingerprint density at radius 3 is 2.21 bits per heavy atom. The van der Waals surface area contributed by atoms with Crippen molar-refractivity contribution in [2.75, 3.05) is 6.61 Å². The fourth-order valence-electron chi connectivity index (χ4n) is 1.82. The average molecular weight is 263 g/mol. The summed E-state index contributed by atoms with van der Waals surface area (Å²) in [6.07, 6.45) is 1.01. The van der Waals surface area contributed by atoms with Gasteiger partial charge in [0.05, 0.1) is 5.92 Å². The number of carbonyl (C=O) groups is 2. The zero-order chi connectivity index (χ0) is 14.4. The van der Waals surface area contributed by atoms with Crippen LogP contribution in [-0.2, 0) is 20.7 Å². The van der Waals surface area contributed by atoms with Crippen molar-refractivity contribution < 1.29 is 14.3 Å². The maximum absolute atomic E-state index is 11.7. The molecule has 1 unspecified atom stereocenters. The molecular formula is C15H21NO3. The Labute approximate surface area is 113 Å². The second-order valence-corrected chi connectivity index (χ2v) is 5.14. The van der Waals surface area contributed by atoms with Crippen LogP contribution in [0.5, 0.6) is 0 Å². The molecule has 2 N–H and O–H groups in total. The van der Waals surface area contributed by atoms with Gasteiger partial charge in [0.2, 0.25) is 0 Å². The number of esters is 1. The first-order valence-corrected chi connectivity index (χ1v) is 6.44. The third-order valence-electron chi connectivity index (χ3n) is 2.83. The van der Waals surface area contributed by atoms with Crippen LogP contribution in [0, 0.1) is 5.92 Å². The fraction of sp³-hybridized carbons (Fsp3) is 0.467. The van der Waals surface area contributed by atoms with Crippen LogP contribution in [0.15, 0.2) is 24.3 Å². The van der Waals surface area contributed by atoms with E-state index in [2.05, 4.69) is 13.8 Å². The second-order valence-electron chi connectivity index (χ2n) is 5.14. The minimum Gasteiger partial charge on any atom is -0.455 e. The minimum atomic E-state index is -0.646. The van der Waals surface area contributed by atoms with Gasteiger partial charge in [0.25, 0.3) is 5.91 Å². The molecule has 1 aromatic carbocycles. The summed E-state index contributed by atoms with van der Waals surface area (Å²) in [7, 11) is 0. The number of benzene rings is 1. The summed E-state index contributed by atoms with van der Waals surface area (Å²) in [5.74, 6) is -0.875. The molecule has 1 amide bonds. The van der Waals surface area contributed by atoms with Crippen molar-refractivity contribution in [3.05, 3.63) is 35.4 Å². The Bertz CT molecular complexity index is 437. The van der Waals surface area contributed by atoms with Gasteiger partial charge in [-0.05, 0) is 30.4 Å². The molecule has 0 aliphatic rings. The molecule has 4 heteroatoms. The maximum Gasteiger partial charge on any atom is 0.313 e. The van der Waals surface area contributed by atoms with Crippen LogP contribution in [0.2, 0.25) is 0 Å². The third kappa shape index (κ3) is 5.12. The van der Waals surface area contributed by atoms with E-state index in [1.54, 1.807) is 6.92 Å². The predicted molar refractivity (Wildman–Crippen MR) is 73.6 cm³/mol. The van der Waals surface area contributed by atoms with Gasteiger partial charge < -0.3 is 10.5 Å². The molecule has 104 valence electrons. The maximum atomic E-state index is 11.7. The van der Waals surface area contributed by atoms with Crippen LogP contribution in [0.1, 0.15) is 37.8 Å². The molecule has 0 aromatic heterocycles. The van der Waals surface area contributed by atoms with Crippen molar-refractivity contribution in [1.29, 1.82) is 0 Å². The van der Waals surface area contributed by atoms with Crippen molar-refractivity contribution in [2.45, 2.75) is 33.1 Å². The summed E-state index contributed by atoms with van der Waals surface area (Å²) in [6.45, 7) is 5.71. The lowest BCUT2D eigenvalue weighted by Gasteiger charge is -2.12. The number of hydrogen-bond acceptors (Lipinski definition) is 3. The molecular weight excluding hydrogens is 242 g/mol. The Morgan fingerprint density at radius 1 is 1.16 bits per heavy atom. The zero-order valence-electron chi connectivity index (χ0n) is 11.7. The van der Waals surface area contributed by atoms with Crippen molar-refractivity contribution in [3.63, 3.8) is 0 Å². The molecule has 1 aromatic rings. The quantitative estimate of drug-likeness (QED) is 0.798. The Balaban J connectivity index is 2.64. The number of rotatable bonds is 6. The van der Waals surface area contributed by atoms with Crippen LogP contribution >= 0.6 is 0 Å². The van der Waals surface area contributed by atoms with Gasteiger partial charge in [-0.3, -0.25) is 9.59 Å². The van der Waals surface area contributed by atoms with E-state index in [1.807, 2.05) is 24.3 Å². The van der Waals surface area contributed by atoms with Gasteiger partial charge in [0, 0.05) is 0 Å². The molecule has 0 bridgehead atoms. The van der Waals surface area contributed by atoms with E-state index in [-0.39, 0.29) is 6.61 Å². The van der Waals surface area contributed by atoms with Gasteiger partial charge in [-0.2, -0.15) is 0 Å². The average Bonchev–Trinajstić information content (AvgIpc) is 2.35. The summed E-state index contributed by atoms with van der Waals surface area (Å²) in [4.78, 5) is 22.2. The monoisotopic (exact) mass is 263 g/mol. The highest BCUT2D eigenvalue weighted by Gasteiger charge is 2.17. The first-order valence-electron chi connectivity index (χ1n) is 6.44. The van der Waals surface area contributed by atoms with Gasteiger partial charge in [-0.1, -0.05) is 38.1 Å². The predicted octanol–water partition coefficient (Wildman–Crippen LogP) is 2.02. The molecule has 0 radical (unpaired) electrons. The number of carbonyl (C=O) groups excluding carboxylic acids is 2. The first-order chi connectivity index (χ1) is 8.90. The topological polar surface area (TPSA) is 69.4 Å². The molecule has 0 heterocycles. The van der Waals surface area contributed by atoms with Crippen LogP contribution in [-0.4, -0.2) is 18.5 Å². The smallest absolute Gasteiger partial charge is 0.313 e. The van der Waals surface area contributed by atoms with Crippen molar-refractivity contribution in [1.82, 2.24) is 0 Å². The van der Waals surface area contributed by atoms with Crippen LogP contribution < -0.4 is 5.73 Å². The first kappa shape index (κ1) is 15.2. The highest BCUT2D eigenvalue weighted by Crippen LogP contribution is 2.18. The number of primary amides is 1. The van der Waals surface area contributed by atoms with Crippen LogP contribution in [0.4, 0.5) is 0 Å².